The summed E-state index contributed by atoms with van der Waals surface area (Å²) in [5, 5.41) is 9.64. The van der Waals surface area contributed by atoms with E-state index in [9.17, 15) is 22.4 Å². The van der Waals surface area contributed by atoms with Gasteiger partial charge in [0.05, 0.1) is 44.5 Å². The van der Waals surface area contributed by atoms with E-state index in [2.05, 4.69) is 37.7 Å². The maximum Gasteiger partial charge on any atom is 0.387 e. The summed E-state index contributed by atoms with van der Waals surface area (Å²) in [6.07, 6.45) is 5.95. The Bertz CT molecular complexity index is 1700. The van der Waals surface area contributed by atoms with Crippen molar-refractivity contribution in [2.45, 2.75) is 26.4 Å². The molecule has 2 saturated heterocycles. The summed E-state index contributed by atoms with van der Waals surface area (Å²) in [6, 6.07) is 7.54. The maximum atomic E-state index is 14.9. The number of hydrogen-bond acceptors (Lipinski definition) is 6. The zero-order chi connectivity index (χ0) is 31.7. The van der Waals surface area contributed by atoms with Gasteiger partial charge in [0, 0.05) is 54.8 Å². The second kappa shape index (κ2) is 12.6. The van der Waals surface area contributed by atoms with Crippen LogP contribution in [0.4, 0.5) is 29.1 Å². The van der Waals surface area contributed by atoms with Crippen LogP contribution in [0.25, 0.3) is 16.9 Å². The summed E-state index contributed by atoms with van der Waals surface area (Å²) in [7, 11) is 2.33. The lowest BCUT2D eigenvalue weighted by Gasteiger charge is -2.50. The van der Waals surface area contributed by atoms with Gasteiger partial charge >= 0.3 is 6.61 Å². The van der Waals surface area contributed by atoms with Crippen molar-refractivity contribution in [2.75, 3.05) is 51.6 Å². The third kappa shape index (κ3) is 6.45. The molecule has 238 valence electrons. The second-order valence-electron chi connectivity index (χ2n) is 12.2. The Hall–Kier alpha value is -4.23. The number of anilines is 2. The fourth-order valence-electron chi connectivity index (χ4n) is 6.56. The Kier molecular flexibility index (Phi) is 8.65. The van der Waals surface area contributed by atoms with E-state index >= 15 is 0 Å². The quantitative estimate of drug-likeness (QED) is 0.152. The molecule has 2 aliphatic heterocycles. The summed E-state index contributed by atoms with van der Waals surface area (Å²) < 4.78 is 61.0. The molecule has 45 heavy (non-hydrogen) atoms. The largest absolute Gasteiger partial charge is 0.432 e. The number of imidazole rings is 1. The van der Waals surface area contributed by atoms with E-state index in [4.69, 9.17) is 0 Å². The van der Waals surface area contributed by atoms with E-state index in [1.807, 2.05) is 13.0 Å². The first-order valence-electron chi connectivity index (χ1n) is 15.1. The molecule has 4 aromatic rings. The standard InChI is InChI=1S/C32H35F4N7O2/c1-3-21-12-22(4-5-23(21)31(44)39-9-8-19-16-43(2,17-19)18-20-13-37-14-20)41-29-30-40-15-25(42(30)11-10-38-29)24-6-7-26(45-32(35)36)28(34)27(24)33/h4-7,10-12,15,19-20,32,37H,3,8-9,13-14,16-18H2,1-2H3,(H-,38,39,41,44)/p+1. The van der Waals surface area contributed by atoms with Crippen LogP contribution >= 0.6 is 0 Å². The fourth-order valence-corrected chi connectivity index (χ4v) is 6.56. The molecule has 2 fully saturated rings. The van der Waals surface area contributed by atoms with Gasteiger partial charge in [0.25, 0.3) is 5.91 Å². The molecule has 3 N–H and O–H groups in total. The molecule has 13 heteroatoms. The predicted molar refractivity (Wildman–Crippen MR) is 162 cm³/mol. The van der Waals surface area contributed by atoms with E-state index in [1.165, 1.54) is 42.6 Å². The number of likely N-dealkylation sites (tertiary alicyclic amines) is 1. The normalized spacial score (nSPS) is 19.8. The van der Waals surface area contributed by atoms with Gasteiger partial charge < -0.3 is 25.2 Å². The van der Waals surface area contributed by atoms with Crippen molar-refractivity contribution in [3.8, 4) is 17.0 Å². The van der Waals surface area contributed by atoms with Crippen LogP contribution < -0.4 is 20.7 Å². The van der Waals surface area contributed by atoms with Gasteiger partial charge in [-0.25, -0.2) is 14.4 Å². The van der Waals surface area contributed by atoms with Gasteiger partial charge in [0.15, 0.2) is 23.0 Å². The zero-order valence-electron chi connectivity index (χ0n) is 25.1. The van der Waals surface area contributed by atoms with Crippen LogP contribution in [-0.2, 0) is 6.42 Å². The summed E-state index contributed by atoms with van der Waals surface area (Å²) in [5.41, 5.74) is 2.49. The molecular weight excluding hydrogens is 590 g/mol. The smallest absolute Gasteiger partial charge is 0.387 e. The van der Waals surface area contributed by atoms with Gasteiger partial charge in [-0.15, -0.1) is 0 Å². The Balaban J connectivity index is 1.11. The van der Waals surface area contributed by atoms with Crippen LogP contribution in [-0.4, -0.2) is 77.7 Å². The minimum absolute atomic E-state index is 0.104. The molecule has 0 saturated carbocycles. The molecule has 9 nitrogen and oxygen atoms in total. The van der Waals surface area contributed by atoms with Crippen LogP contribution in [0.1, 0.15) is 29.3 Å². The highest BCUT2D eigenvalue weighted by atomic mass is 19.3. The molecule has 0 spiro atoms. The molecule has 6 rings (SSSR count). The number of amides is 1. The molecule has 0 unspecified atom stereocenters. The summed E-state index contributed by atoms with van der Waals surface area (Å²) in [4.78, 5) is 21.8. The van der Waals surface area contributed by atoms with Crippen molar-refractivity contribution in [3.05, 3.63) is 71.7 Å². The van der Waals surface area contributed by atoms with Gasteiger partial charge in [0.2, 0.25) is 5.82 Å². The van der Waals surface area contributed by atoms with E-state index in [0.717, 1.165) is 47.6 Å². The number of halogens is 4. The van der Waals surface area contributed by atoms with E-state index in [-0.39, 0.29) is 17.2 Å². The first kappa shape index (κ1) is 30.8. The lowest BCUT2D eigenvalue weighted by Crippen LogP contribution is -2.65. The van der Waals surface area contributed by atoms with E-state index in [1.54, 1.807) is 12.1 Å². The number of nitrogens with one attached hydrogen (secondary N) is 3. The van der Waals surface area contributed by atoms with Crippen molar-refractivity contribution in [3.63, 3.8) is 0 Å². The van der Waals surface area contributed by atoms with Crippen LogP contribution in [0.3, 0.4) is 0 Å². The Morgan fingerprint density at radius 1 is 1.13 bits per heavy atom. The second-order valence-corrected chi connectivity index (χ2v) is 12.2. The Morgan fingerprint density at radius 3 is 2.64 bits per heavy atom. The molecule has 2 aliphatic rings. The number of rotatable bonds is 12. The number of carbonyl (C=O) groups is 1. The van der Waals surface area contributed by atoms with E-state index < -0.39 is 24.0 Å². The highest BCUT2D eigenvalue weighted by Gasteiger charge is 2.42. The average molecular weight is 627 g/mol. The number of quaternary nitrogens is 1. The fraction of sp³-hybridized carbons (Fsp3) is 0.406. The maximum absolute atomic E-state index is 14.9. The SMILES string of the molecule is CCc1cc(Nc2nccn3c(-c4ccc(OC(F)F)c(F)c4F)cnc23)ccc1C(=O)NCCC1C[N+](C)(CC2CNC2)C1. The number of nitrogens with zero attached hydrogens (tertiary/aromatic N) is 4. The molecular formula is C32H36F4N7O2+. The molecule has 4 heterocycles. The molecule has 1 amide bonds. The number of ether oxygens (including phenoxy) is 1. The van der Waals surface area contributed by atoms with Crippen LogP contribution in [0.5, 0.6) is 5.75 Å². The predicted octanol–water partition coefficient (Wildman–Crippen LogP) is 5.00. The van der Waals surface area contributed by atoms with Crippen LogP contribution in [0, 0.1) is 23.5 Å². The number of carbonyl (C=O) groups excluding carboxylic acids is 1. The van der Waals surface area contributed by atoms with Crippen LogP contribution in [0.2, 0.25) is 0 Å². The highest BCUT2D eigenvalue weighted by molar-refractivity contribution is 5.96. The van der Waals surface area contributed by atoms with Crippen molar-refractivity contribution in [1.29, 1.82) is 0 Å². The molecule has 0 aliphatic carbocycles. The lowest BCUT2D eigenvalue weighted by atomic mass is 9.90. The zero-order valence-corrected chi connectivity index (χ0v) is 25.1. The molecule has 0 radical (unpaired) electrons. The minimum atomic E-state index is -3.29. The van der Waals surface area contributed by atoms with Crippen molar-refractivity contribution < 1.29 is 31.6 Å². The van der Waals surface area contributed by atoms with Gasteiger partial charge in [0.1, 0.15) is 0 Å². The number of alkyl halides is 2. The van der Waals surface area contributed by atoms with Gasteiger partial charge in [-0.05, 0) is 48.7 Å². The highest BCUT2D eigenvalue weighted by Crippen LogP contribution is 2.33. The first-order valence-corrected chi connectivity index (χ1v) is 15.1. The Morgan fingerprint density at radius 2 is 1.93 bits per heavy atom. The average Bonchev–Trinajstić information content (AvgIpc) is 3.41. The summed E-state index contributed by atoms with van der Waals surface area (Å²) in [6.45, 7) is 5.15. The van der Waals surface area contributed by atoms with E-state index in [0.29, 0.717) is 41.6 Å². The molecule has 2 aromatic carbocycles. The number of benzene rings is 2. The molecule has 0 atom stereocenters. The summed E-state index contributed by atoms with van der Waals surface area (Å²) >= 11 is 0. The number of aromatic nitrogens is 3. The monoisotopic (exact) mass is 626 g/mol. The lowest BCUT2D eigenvalue weighted by molar-refractivity contribution is -0.959. The van der Waals surface area contributed by atoms with Gasteiger partial charge in [-0.3, -0.25) is 9.20 Å². The van der Waals surface area contributed by atoms with Gasteiger partial charge in [-0.1, -0.05) is 6.92 Å². The number of fused-ring (bicyclic) bond motifs is 1. The van der Waals surface area contributed by atoms with Crippen molar-refractivity contribution >= 4 is 23.1 Å². The Labute approximate surface area is 258 Å². The molecule has 0 bridgehead atoms. The summed E-state index contributed by atoms with van der Waals surface area (Å²) in [5.74, 6) is -2.07. The van der Waals surface area contributed by atoms with Crippen LogP contribution in [0.15, 0.2) is 48.9 Å². The first-order chi connectivity index (χ1) is 21.6. The third-order valence-electron chi connectivity index (χ3n) is 8.76. The topological polar surface area (TPSA) is 92.6 Å². The van der Waals surface area contributed by atoms with Gasteiger partial charge in [-0.2, -0.15) is 13.2 Å². The molecule has 2 aromatic heterocycles. The third-order valence-corrected chi connectivity index (χ3v) is 8.76. The van der Waals surface area contributed by atoms with Crippen molar-refractivity contribution in [2.24, 2.45) is 11.8 Å². The number of aryl methyl sites for hydroxylation is 1. The number of hydrogen-bond donors (Lipinski definition) is 3. The minimum Gasteiger partial charge on any atom is -0.432 e. The van der Waals surface area contributed by atoms with Crippen molar-refractivity contribution in [1.82, 2.24) is 25.0 Å².